The highest BCUT2D eigenvalue weighted by Gasteiger charge is 2.19. The van der Waals surface area contributed by atoms with E-state index >= 15 is 0 Å². The molecule has 0 aromatic carbocycles. The largest absolute Gasteiger partial charge is 0.346 e. The van der Waals surface area contributed by atoms with Crippen molar-refractivity contribution in [3.63, 3.8) is 0 Å². The summed E-state index contributed by atoms with van der Waals surface area (Å²) in [4.78, 5) is 15.3. The van der Waals surface area contributed by atoms with E-state index in [1.807, 2.05) is 6.08 Å². The highest BCUT2D eigenvalue weighted by molar-refractivity contribution is 5.94. The van der Waals surface area contributed by atoms with Crippen molar-refractivity contribution in [2.45, 2.75) is 25.8 Å². The lowest BCUT2D eigenvalue weighted by Gasteiger charge is -2.25. The SMILES string of the molecule is CC1CCC=CC1NC(=O)c1ccnc(F)c1. The average molecular weight is 234 g/mol. The van der Waals surface area contributed by atoms with E-state index in [0.717, 1.165) is 18.9 Å². The van der Waals surface area contributed by atoms with Crippen LogP contribution in [-0.4, -0.2) is 16.9 Å². The molecule has 1 aliphatic carbocycles. The molecule has 2 atom stereocenters. The molecule has 1 aromatic rings. The minimum Gasteiger partial charge on any atom is -0.346 e. The molecule has 1 aliphatic rings. The van der Waals surface area contributed by atoms with E-state index in [9.17, 15) is 9.18 Å². The van der Waals surface area contributed by atoms with E-state index in [0.29, 0.717) is 11.5 Å². The van der Waals surface area contributed by atoms with Crippen LogP contribution in [0.2, 0.25) is 0 Å². The molecule has 90 valence electrons. The quantitative estimate of drug-likeness (QED) is 0.630. The number of hydrogen-bond acceptors (Lipinski definition) is 2. The van der Waals surface area contributed by atoms with Crippen LogP contribution in [0.25, 0.3) is 0 Å². The number of halogens is 1. The summed E-state index contributed by atoms with van der Waals surface area (Å²) < 4.78 is 12.9. The Bertz CT molecular complexity index is 445. The Kier molecular flexibility index (Phi) is 3.52. The van der Waals surface area contributed by atoms with Gasteiger partial charge in [0.25, 0.3) is 5.91 Å². The lowest BCUT2D eigenvalue weighted by atomic mass is 9.91. The van der Waals surface area contributed by atoms with E-state index in [2.05, 4.69) is 23.3 Å². The van der Waals surface area contributed by atoms with E-state index in [1.165, 1.54) is 12.3 Å². The predicted octanol–water partition coefficient (Wildman–Crippen LogP) is 2.31. The van der Waals surface area contributed by atoms with Crippen LogP contribution in [0.4, 0.5) is 4.39 Å². The fourth-order valence-corrected chi connectivity index (χ4v) is 1.94. The molecular formula is C13H15FN2O. The standard InChI is InChI=1S/C13H15FN2O/c1-9-4-2-3-5-11(9)16-13(17)10-6-7-15-12(14)8-10/h3,5-9,11H,2,4H2,1H3,(H,16,17). The molecule has 1 N–H and O–H groups in total. The van der Waals surface area contributed by atoms with Gasteiger partial charge in [-0.05, 0) is 24.8 Å². The van der Waals surface area contributed by atoms with Crippen molar-refractivity contribution in [3.05, 3.63) is 42.0 Å². The molecule has 1 amide bonds. The number of nitrogens with zero attached hydrogens (tertiary/aromatic N) is 1. The smallest absolute Gasteiger partial charge is 0.251 e. The highest BCUT2D eigenvalue weighted by Crippen LogP contribution is 2.18. The molecule has 1 aromatic heterocycles. The summed E-state index contributed by atoms with van der Waals surface area (Å²) >= 11 is 0. The number of allylic oxidation sites excluding steroid dienone is 1. The summed E-state index contributed by atoms with van der Waals surface area (Å²) in [6.07, 6.45) is 7.48. The third-order valence-corrected chi connectivity index (χ3v) is 3.03. The predicted molar refractivity (Wildman–Crippen MR) is 63.0 cm³/mol. The molecule has 0 aliphatic heterocycles. The Labute approximate surface area is 99.8 Å². The number of carbonyl (C=O) groups excluding carboxylic acids is 1. The fraction of sp³-hybridized carbons (Fsp3) is 0.385. The van der Waals surface area contributed by atoms with Crippen LogP contribution in [0.1, 0.15) is 30.1 Å². The summed E-state index contributed by atoms with van der Waals surface area (Å²) in [6.45, 7) is 2.10. The Morgan fingerprint density at radius 1 is 1.59 bits per heavy atom. The molecule has 2 unspecified atom stereocenters. The summed E-state index contributed by atoms with van der Waals surface area (Å²) in [5, 5.41) is 2.89. The van der Waals surface area contributed by atoms with Crippen LogP contribution >= 0.6 is 0 Å². The van der Waals surface area contributed by atoms with Crippen molar-refractivity contribution in [2.75, 3.05) is 0 Å². The highest BCUT2D eigenvalue weighted by atomic mass is 19.1. The van der Waals surface area contributed by atoms with Crippen LogP contribution in [0.3, 0.4) is 0 Å². The van der Waals surface area contributed by atoms with Gasteiger partial charge in [0.1, 0.15) is 0 Å². The summed E-state index contributed by atoms with van der Waals surface area (Å²) in [7, 11) is 0. The van der Waals surface area contributed by atoms with E-state index in [4.69, 9.17) is 0 Å². The lowest BCUT2D eigenvalue weighted by Crippen LogP contribution is -2.39. The zero-order chi connectivity index (χ0) is 12.3. The number of amides is 1. The first-order valence-corrected chi connectivity index (χ1v) is 5.76. The Morgan fingerprint density at radius 3 is 3.12 bits per heavy atom. The van der Waals surface area contributed by atoms with Gasteiger partial charge in [0, 0.05) is 23.9 Å². The Balaban J connectivity index is 2.06. The van der Waals surface area contributed by atoms with Gasteiger partial charge in [0.15, 0.2) is 0 Å². The van der Waals surface area contributed by atoms with Crippen molar-refractivity contribution < 1.29 is 9.18 Å². The number of hydrogen-bond donors (Lipinski definition) is 1. The van der Waals surface area contributed by atoms with Gasteiger partial charge in [-0.2, -0.15) is 4.39 Å². The van der Waals surface area contributed by atoms with Gasteiger partial charge >= 0.3 is 0 Å². The Hall–Kier alpha value is -1.71. The first-order chi connectivity index (χ1) is 8.16. The summed E-state index contributed by atoms with van der Waals surface area (Å²) in [5.74, 6) is -0.477. The number of rotatable bonds is 2. The summed E-state index contributed by atoms with van der Waals surface area (Å²) in [6, 6.07) is 2.69. The molecule has 0 spiro atoms. The van der Waals surface area contributed by atoms with Gasteiger partial charge in [0.05, 0.1) is 0 Å². The van der Waals surface area contributed by atoms with E-state index < -0.39 is 5.95 Å². The second-order valence-corrected chi connectivity index (χ2v) is 4.35. The number of pyridine rings is 1. The molecular weight excluding hydrogens is 219 g/mol. The van der Waals surface area contributed by atoms with Crippen LogP contribution in [0.15, 0.2) is 30.5 Å². The van der Waals surface area contributed by atoms with Crippen LogP contribution in [0, 0.1) is 11.9 Å². The molecule has 0 bridgehead atoms. The Morgan fingerprint density at radius 2 is 2.41 bits per heavy atom. The third kappa shape index (κ3) is 2.90. The minimum atomic E-state index is -0.634. The van der Waals surface area contributed by atoms with Gasteiger partial charge in [-0.1, -0.05) is 19.1 Å². The topological polar surface area (TPSA) is 42.0 Å². The maximum absolute atomic E-state index is 12.9. The second-order valence-electron chi connectivity index (χ2n) is 4.35. The van der Waals surface area contributed by atoms with Gasteiger partial charge in [-0.25, -0.2) is 4.98 Å². The van der Waals surface area contributed by atoms with E-state index in [1.54, 1.807) is 0 Å². The fourth-order valence-electron chi connectivity index (χ4n) is 1.94. The number of carbonyl (C=O) groups is 1. The molecule has 0 saturated carbocycles. The minimum absolute atomic E-state index is 0.0347. The van der Waals surface area contributed by atoms with Crippen LogP contribution < -0.4 is 5.32 Å². The van der Waals surface area contributed by atoms with Crippen LogP contribution in [-0.2, 0) is 0 Å². The van der Waals surface area contributed by atoms with Gasteiger partial charge < -0.3 is 5.32 Å². The zero-order valence-electron chi connectivity index (χ0n) is 9.69. The van der Waals surface area contributed by atoms with Gasteiger partial charge in [-0.15, -0.1) is 0 Å². The van der Waals surface area contributed by atoms with Crippen molar-refractivity contribution in [2.24, 2.45) is 5.92 Å². The first kappa shape index (κ1) is 11.8. The van der Waals surface area contributed by atoms with E-state index in [-0.39, 0.29) is 11.9 Å². The van der Waals surface area contributed by atoms with Crippen molar-refractivity contribution in [3.8, 4) is 0 Å². The van der Waals surface area contributed by atoms with Gasteiger partial charge in [0.2, 0.25) is 5.95 Å². The first-order valence-electron chi connectivity index (χ1n) is 5.76. The maximum Gasteiger partial charge on any atom is 0.251 e. The third-order valence-electron chi connectivity index (χ3n) is 3.03. The molecule has 17 heavy (non-hydrogen) atoms. The molecule has 3 nitrogen and oxygen atoms in total. The van der Waals surface area contributed by atoms with Crippen molar-refractivity contribution in [1.82, 2.24) is 10.3 Å². The number of aromatic nitrogens is 1. The molecule has 4 heteroatoms. The normalized spacial score (nSPS) is 23.4. The molecule has 2 rings (SSSR count). The molecule has 0 fully saturated rings. The van der Waals surface area contributed by atoms with Crippen molar-refractivity contribution in [1.29, 1.82) is 0 Å². The second kappa shape index (κ2) is 5.08. The molecule has 0 radical (unpaired) electrons. The molecule has 0 saturated heterocycles. The number of nitrogens with one attached hydrogen (secondary N) is 1. The monoisotopic (exact) mass is 234 g/mol. The van der Waals surface area contributed by atoms with Crippen LogP contribution in [0.5, 0.6) is 0 Å². The zero-order valence-corrected chi connectivity index (χ0v) is 9.69. The maximum atomic E-state index is 12.9. The lowest BCUT2D eigenvalue weighted by molar-refractivity contribution is 0.0932. The van der Waals surface area contributed by atoms with Gasteiger partial charge in [-0.3, -0.25) is 4.79 Å². The summed E-state index contributed by atoms with van der Waals surface area (Å²) in [5.41, 5.74) is 0.309. The van der Waals surface area contributed by atoms with Crippen molar-refractivity contribution >= 4 is 5.91 Å². The average Bonchev–Trinajstić information content (AvgIpc) is 2.32. The molecule has 1 heterocycles.